The van der Waals surface area contributed by atoms with Crippen molar-refractivity contribution in [3.05, 3.63) is 54.1 Å². The number of anilines is 1. The molecule has 3 aromatic rings. The summed E-state index contributed by atoms with van der Waals surface area (Å²) in [6, 6.07) is 16.7. The highest BCUT2D eigenvalue weighted by atomic mass is 32.2. The second kappa shape index (κ2) is 11.0. The number of nitrogens with zero attached hydrogens (tertiary/aromatic N) is 5. The first kappa shape index (κ1) is 24.1. The highest BCUT2D eigenvalue weighted by molar-refractivity contribution is 7.99. The van der Waals surface area contributed by atoms with E-state index in [0.717, 1.165) is 53.8 Å². The standard InChI is InChI=1S/C26H33N5O2S/c1-5-30(6-2)21-11-9-20(10-12-21)25-27-28-26(29(25)3)34-18-24(32)31(22-13-14-22)17-19-7-15-23(33-4)16-8-19/h7-12,15-16,22H,5-6,13-14,17-18H2,1-4H3. The summed E-state index contributed by atoms with van der Waals surface area (Å²) in [4.78, 5) is 17.4. The number of benzene rings is 2. The van der Waals surface area contributed by atoms with E-state index in [2.05, 4.69) is 53.2 Å². The third-order valence-corrected chi connectivity index (χ3v) is 7.24. The first-order valence-corrected chi connectivity index (χ1v) is 12.8. The molecule has 0 N–H and O–H groups in total. The predicted molar refractivity (Wildman–Crippen MR) is 137 cm³/mol. The van der Waals surface area contributed by atoms with Crippen LogP contribution < -0.4 is 9.64 Å². The zero-order valence-electron chi connectivity index (χ0n) is 20.4. The number of aromatic nitrogens is 3. The molecule has 1 heterocycles. The number of hydrogen-bond acceptors (Lipinski definition) is 6. The van der Waals surface area contributed by atoms with Gasteiger partial charge in [0.2, 0.25) is 5.91 Å². The van der Waals surface area contributed by atoms with Crippen LogP contribution in [0.5, 0.6) is 5.75 Å². The van der Waals surface area contributed by atoms with Gasteiger partial charge in [-0.3, -0.25) is 4.79 Å². The molecule has 1 aliphatic rings. The van der Waals surface area contributed by atoms with Crippen molar-refractivity contribution < 1.29 is 9.53 Å². The largest absolute Gasteiger partial charge is 0.497 e. The lowest BCUT2D eigenvalue weighted by Gasteiger charge is -2.22. The second-order valence-corrected chi connectivity index (χ2v) is 9.42. The van der Waals surface area contributed by atoms with E-state index < -0.39 is 0 Å². The molecule has 1 amide bonds. The lowest BCUT2D eigenvalue weighted by molar-refractivity contribution is -0.129. The van der Waals surface area contributed by atoms with Crippen molar-refractivity contribution in [3.8, 4) is 17.1 Å². The highest BCUT2D eigenvalue weighted by Crippen LogP contribution is 2.30. The van der Waals surface area contributed by atoms with Crippen LogP contribution in [0.1, 0.15) is 32.3 Å². The molecule has 34 heavy (non-hydrogen) atoms. The Balaban J connectivity index is 1.39. The van der Waals surface area contributed by atoms with E-state index in [1.54, 1.807) is 7.11 Å². The molecule has 8 heteroatoms. The van der Waals surface area contributed by atoms with Crippen molar-refractivity contribution >= 4 is 23.4 Å². The summed E-state index contributed by atoms with van der Waals surface area (Å²) in [7, 11) is 3.61. The zero-order chi connectivity index (χ0) is 24.1. The first-order valence-electron chi connectivity index (χ1n) is 11.8. The molecular formula is C26H33N5O2S. The molecule has 1 fully saturated rings. The molecule has 1 aromatic heterocycles. The van der Waals surface area contributed by atoms with E-state index in [1.165, 1.54) is 17.4 Å². The van der Waals surface area contributed by atoms with Crippen LogP contribution in [0, 0.1) is 0 Å². The number of hydrogen-bond donors (Lipinski definition) is 0. The maximum atomic E-state index is 13.1. The van der Waals surface area contributed by atoms with E-state index in [-0.39, 0.29) is 5.91 Å². The van der Waals surface area contributed by atoms with E-state index >= 15 is 0 Å². The Morgan fingerprint density at radius 1 is 1.06 bits per heavy atom. The third-order valence-electron chi connectivity index (χ3n) is 6.23. The van der Waals surface area contributed by atoms with Crippen LogP contribution in [-0.4, -0.2) is 57.6 Å². The Morgan fingerprint density at radius 2 is 1.74 bits per heavy atom. The molecule has 4 rings (SSSR count). The number of ether oxygens (including phenoxy) is 1. The minimum absolute atomic E-state index is 0.136. The van der Waals surface area contributed by atoms with Crippen LogP contribution in [-0.2, 0) is 18.4 Å². The molecular weight excluding hydrogens is 446 g/mol. The fourth-order valence-electron chi connectivity index (χ4n) is 4.05. The molecule has 180 valence electrons. The van der Waals surface area contributed by atoms with Crippen molar-refractivity contribution in [1.82, 2.24) is 19.7 Å². The van der Waals surface area contributed by atoms with Gasteiger partial charge in [-0.05, 0) is 68.7 Å². The van der Waals surface area contributed by atoms with Gasteiger partial charge < -0.3 is 19.1 Å². The van der Waals surface area contributed by atoms with E-state index in [4.69, 9.17) is 4.74 Å². The van der Waals surface area contributed by atoms with Crippen LogP contribution in [0.3, 0.4) is 0 Å². The Morgan fingerprint density at radius 3 is 2.32 bits per heavy atom. The van der Waals surface area contributed by atoms with Gasteiger partial charge in [-0.15, -0.1) is 10.2 Å². The maximum Gasteiger partial charge on any atom is 0.233 e. The van der Waals surface area contributed by atoms with Gasteiger partial charge in [-0.25, -0.2) is 0 Å². The van der Waals surface area contributed by atoms with Crippen LogP contribution >= 0.6 is 11.8 Å². The van der Waals surface area contributed by atoms with Crippen molar-refractivity contribution in [1.29, 1.82) is 0 Å². The number of methoxy groups -OCH3 is 1. The molecule has 0 bridgehead atoms. The average Bonchev–Trinajstić information content (AvgIpc) is 3.65. The van der Waals surface area contributed by atoms with Crippen molar-refractivity contribution in [3.63, 3.8) is 0 Å². The molecule has 0 atom stereocenters. The molecule has 1 aliphatic carbocycles. The normalized spacial score (nSPS) is 13.1. The lowest BCUT2D eigenvalue weighted by atomic mass is 10.2. The van der Waals surface area contributed by atoms with Gasteiger partial charge in [0.15, 0.2) is 11.0 Å². The summed E-state index contributed by atoms with van der Waals surface area (Å²) in [6.45, 7) is 6.89. The summed E-state index contributed by atoms with van der Waals surface area (Å²) in [6.07, 6.45) is 2.15. The summed E-state index contributed by atoms with van der Waals surface area (Å²) >= 11 is 1.45. The summed E-state index contributed by atoms with van der Waals surface area (Å²) in [5, 5.41) is 9.50. The summed E-state index contributed by atoms with van der Waals surface area (Å²) < 4.78 is 7.21. The molecule has 0 unspecified atom stereocenters. The van der Waals surface area contributed by atoms with Gasteiger partial charge in [0.25, 0.3) is 0 Å². The molecule has 7 nitrogen and oxygen atoms in total. The molecule has 2 aromatic carbocycles. The molecule has 0 radical (unpaired) electrons. The predicted octanol–water partition coefficient (Wildman–Crippen LogP) is 4.62. The van der Waals surface area contributed by atoms with Gasteiger partial charge in [-0.2, -0.15) is 0 Å². The minimum atomic E-state index is 0.136. The van der Waals surface area contributed by atoms with Crippen molar-refractivity contribution in [2.24, 2.45) is 7.05 Å². The number of amides is 1. The maximum absolute atomic E-state index is 13.1. The first-order chi connectivity index (χ1) is 16.5. The highest BCUT2D eigenvalue weighted by Gasteiger charge is 2.32. The topological polar surface area (TPSA) is 63.5 Å². The van der Waals surface area contributed by atoms with Gasteiger partial charge in [0.1, 0.15) is 5.75 Å². The number of carbonyl (C=O) groups excluding carboxylic acids is 1. The Labute approximate surface area is 206 Å². The minimum Gasteiger partial charge on any atom is -0.497 e. The van der Waals surface area contributed by atoms with Gasteiger partial charge >= 0.3 is 0 Å². The van der Waals surface area contributed by atoms with E-state index in [9.17, 15) is 4.79 Å². The fourth-order valence-corrected chi connectivity index (χ4v) is 4.84. The number of rotatable bonds is 11. The Kier molecular flexibility index (Phi) is 7.77. The third kappa shape index (κ3) is 5.55. The molecule has 0 saturated heterocycles. The Hall–Kier alpha value is -3.00. The van der Waals surface area contributed by atoms with Gasteiger partial charge in [0, 0.05) is 44.0 Å². The summed E-state index contributed by atoms with van der Waals surface area (Å²) in [5.41, 5.74) is 3.33. The average molecular weight is 480 g/mol. The van der Waals surface area contributed by atoms with Crippen LogP contribution in [0.4, 0.5) is 5.69 Å². The molecule has 1 saturated carbocycles. The lowest BCUT2D eigenvalue weighted by Crippen LogP contribution is -2.34. The molecule has 0 spiro atoms. The Bertz CT molecular complexity index is 1090. The zero-order valence-corrected chi connectivity index (χ0v) is 21.2. The van der Waals surface area contributed by atoms with Crippen molar-refractivity contribution in [2.75, 3.05) is 30.9 Å². The fraction of sp³-hybridized carbons (Fsp3) is 0.423. The monoisotopic (exact) mass is 479 g/mol. The summed E-state index contributed by atoms with van der Waals surface area (Å²) in [5.74, 6) is 2.11. The van der Waals surface area contributed by atoms with E-state index in [1.807, 2.05) is 40.8 Å². The SMILES string of the molecule is CCN(CC)c1ccc(-c2nnc(SCC(=O)N(Cc3ccc(OC)cc3)C3CC3)n2C)cc1. The second-order valence-electron chi connectivity index (χ2n) is 8.47. The van der Waals surface area contributed by atoms with Crippen LogP contribution in [0.15, 0.2) is 53.7 Å². The van der Waals surface area contributed by atoms with E-state index in [0.29, 0.717) is 18.3 Å². The van der Waals surface area contributed by atoms with Crippen LogP contribution in [0.2, 0.25) is 0 Å². The quantitative estimate of drug-likeness (QED) is 0.374. The van der Waals surface area contributed by atoms with Crippen molar-refractivity contribution in [2.45, 2.75) is 44.4 Å². The number of thioether (sulfide) groups is 1. The number of carbonyl (C=O) groups is 1. The molecule has 0 aliphatic heterocycles. The van der Waals surface area contributed by atoms with Gasteiger partial charge in [0.05, 0.1) is 12.9 Å². The van der Waals surface area contributed by atoms with Gasteiger partial charge in [-0.1, -0.05) is 23.9 Å². The van der Waals surface area contributed by atoms with Crippen LogP contribution in [0.25, 0.3) is 11.4 Å². The smallest absolute Gasteiger partial charge is 0.233 e.